The number of rotatable bonds is 7. The van der Waals surface area contributed by atoms with Crippen LogP contribution < -0.4 is 10.6 Å². The molecular formula is C16H24N2O. The summed E-state index contributed by atoms with van der Waals surface area (Å²) in [4.78, 5) is 11.4. The van der Waals surface area contributed by atoms with E-state index in [0.717, 1.165) is 32.2 Å². The molecule has 0 bridgehead atoms. The average molecular weight is 260 g/mol. The highest BCUT2D eigenvalue weighted by Crippen LogP contribution is 2.03. The lowest BCUT2D eigenvalue weighted by Crippen LogP contribution is -2.33. The van der Waals surface area contributed by atoms with E-state index in [1.54, 1.807) is 6.20 Å². The normalized spacial score (nSPS) is 11.2. The number of carbonyl (C=O) groups is 1. The van der Waals surface area contributed by atoms with Crippen molar-refractivity contribution in [2.75, 3.05) is 6.54 Å². The van der Waals surface area contributed by atoms with Gasteiger partial charge in [-0.25, -0.2) is 4.79 Å². The zero-order chi connectivity index (χ0) is 13.9. The standard InChI is InChI=1S/C16H24N2O/c1-3-14(2)13-18-16(19)17-12-8-7-11-15-9-5-4-6-10-15/h4-6,9-10,13H,3,7-8,11-12H2,1-2H3,(H2,17,18,19)/b14-13+. The first-order valence-corrected chi connectivity index (χ1v) is 6.96. The lowest BCUT2D eigenvalue weighted by Gasteiger charge is -2.05. The monoisotopic (exact) mass is 260 g/mol. The van der Waals surface area contributed by atoms with Crippen LogP contribution in [0.2, 0.25) is 0 Å². The predicted octanol–water partition coefficient (Wildman–Crippen LogP) is 3.62. The minimum absolute atomic E-state index is 0.118. The van der Waals surface area contributed by atoms with Gasteiger partial charge in [0.2, 0.25) is 0 Å². The third-order valence-electron chi connectivity index (χ3n) is 3.03. The second-order valence-corrected chi connectivity index (χ2v) is 4.69. The molecule has 0 atom stereocenters. The topological polar surface area (TPSA) is 41.1 Å². The highest BCUT2D eigenvalue weighted by molar-refractivity contribution is 5.74. The van der Waals surface area contributed by atoms with Gasteiger partial charge in [-0.05, 0) is 38.2 Å². The van der Waals surface area contributed by atoms with Gasteiger partial charge in [-0.2, -0.15) is 0 Å². The maximum absolute atomic E-state index is 11.4. The Labute approximate surface area is 116 Å². The fourth-order valence-corrected chi connectivity index (χ4v) is 1.64. The van der Waals surface area contributed by atoms with Gasteiger partial charge in [-0.15, -0.1) is 0 Å². The van der Waals surface area contributed by atoms with Gasteiger partial charge in [0.15, 0.2) is 0 Å². The summed E-state index contributed by atoms with van der Waals surface area (Å²) in [7, 11) is 0. The Hall–Kier alpha value is -1.77. The fourth-order valence-electron chi connectivity index (χ4n) is 1.64. The first-order valence-electron chi connectivity index (χ1n) is 6.96. The molecule has 3 nitrogen and oxygen atoms in total. The Kier molecular flexibility index (Phi) is 7.40. The quantitative estimate of drug-likeness (QED) is 0.722. The number of unbranched alkanes of at least 4 members (excludes halogenated alkanes) is 1. The van der Waals surface area contributed by atoms with Gasteiger partial charge in [0.25, 0.3) is 0 Å². The van der Waals surface area contributed by atoms with Gasteiger partial charge in [-0.3, -0.25) is 0 Å². The van der Waals surface area contributed by atoms with E-state index in [9.17, 15) is 4.79 Å². The van der Waals surface area contributed by atoms with E-state index >= 15 is 0 Å². The smallest absolute Gasteiger partial charge is 0.318 e. The third kappa shape index (κ3) is 7.29. The summed E-state index contributed by atoms with van der Waals surface area (Å²) in [6, 6.07) is 10.3. The first-order chi connectivity index (χ1) is 9.22. The van der Waals surface area contributed by atoms with Crippen LogP contribution in [0.3, 0.4) is 0 Å². The Balaban J connectivity index is 2.06. The van der Waals surface area contributed by atoms with Crippen LogP contribution in [0.15, 0.2) is 42.1 Å². The lowest BCUT2D eigenvalue weighted by molar-refractivity contribution is 0.244. The molecule has 19 heavy (non-hydrogen) atoms. The number of hydrogen-bond donors (Lipinski definition) is 2. The van der Waals surface area contributed by atoms with Gasteiger partial charge in [-0.1, -0.05) is 42.8 Å². The van der Waals surface area contributed by atoms with Crippen molar-refractivity contribution in [1.82, 2.24) is 10.6 Å². The number of aryl methyl sites for hydroxylation is 1. The van der Waals surface area contributed by atoms with Crippen molar-refractivity contribution in [3.05, 3.63) is 47.7 Å². The summed E-state index contributed by atoms with van der Waals surface area (Å²) < 4.78 is 0. The van der Waals surface area contributed by atoms with E-state index in [-0.39, 0.29) is 6.03 Å². The van der Waals surface area contributed by atoms with Crippen LogP contribution in [0.25, 0.3) is 0 Å². The summed E-state index contributed by atoms with van der Waals surface area (Å²) in [5, 5.41) is 5.58. The largest absolute Gasteiger partial charge is 0.338 e. The number of urea groups is 1. The molecule has 0 spiro atoms. The molecular weight excluding hydrogens is 236 g/mol. The molecule has 0 radical (unpaired) electrons. The van der Waals surface area contributed by atoms with Crippen molar-refractivity contribution in [3.8, 4) is 0 Å². The van der Waals surface area contributed by atoms with Gasteiger partial charge < -0.3 is 10.6 Å². The second-order valence-electron chi connectivity index (χ2n) is 4.69. The molecule has 3 heteroatoms. The van der Waals surface area contributed by atoms with Gasteiger partial charge in [0.05, 0.1) is 0 Å². The Morgan fingerprint density at radius 2 is 1.95 bits per heavy atom. The molecule has 0 saturated carbocycles. The third-order valence-corrected chi connectivity index (χ3v) is 3.03. The van der Waals surface area contributed by atoms with E-state index in [4.69, 9.17) is 0 Å². The summed E-state index contributed by atoms with van der Waals surface area (Å²) in [6.45, 7) is 4.78. The maximum atomic E-state index is 11.4. The summed E-state index contributed by atoms with van der Waals surface area (Å²) in [6.07, 6.45) is 5.88. The van der Waals surface area contributed by atoms with Gasteiger partial charge >= 0.3 is 6.03 Å². The SMILES string of the molecule is CC/C(C)=C/NC(=O)NCCCCc1ccccc1. The summed E-state index contributed by atoms with van der Waals surface area (Å²) >= 11 is 0. The van der Waals surface area contributed by atoms with Crippen LogP contribution >= 0.6 is 0 Å². The van der Waals surface area contributed by atoms with E-state index < -0.39 is 0 Å². The van der Waals surface area contributed by atoms with E-state index in [0.29, 0.717) is 0 Å². The number of nitrogens with one attached hydrogen (secondary N) is 2. The van der Waals surface area contributed by atoms with Crippen molar-refractivity contribution in [1.29, 1.82) is 0 Å². The van der Waals surface area contributed by atoms with Crippen molar-refractivity contribution >= 4 is 6.03 Å². The average Bonchev–Trinajstić information content (AvgIpc) is 2.45. The van der Waals surface area contributed by atoms with Crippen molar-refractivity contribution in [2.24, 2.45) is 0 Å². The lowest BCUT2D eigenvalue weighted by atomic mass is 10.1. The Bertz CT molecular complexity index is 398. The maximum Gasteiger partial charge on any atom is 0.318 e. The number of hydrogen-bond acceptors (Lipinski definition) is 1. The van der Waals surface area contributed by atoms with E-state index in [1.807, 2.05) is 13.0 Å². The molecule has 2 N–H and O–H groups in total. The zero-order valence-corrected chi connectivity index (χ0v) is 11.9. The second kappa shape index (κ2) is 9.20. The van der Waals surface area contributed by atoms with Gasteiger partial charge in [0.1, 0.15) is 0 Å². The molecule has 0 fully saturated rings. The predicted molar refractivity (Wildman–Crippen MR) is 80.0 cm³/mol. The molecule has 1 aromatic rings. The van der Waals surface area contributed by atoms with Crippen molar-refractivity contribution in [3.63, 3.8) is 0 Å². The van der Waals surface area contributed by atoms with Gasteiger partial charge in [0, 0.05) is 12.7 Å². The zero-order valence-electron chi connectivity index (χ0n) is 11.9. The molecule has 2 amide bonds. The molecule has 0 aliphatic rings. The minimum atomic E-state index is -0.118. The molecule has 0 aromatic heterocycles. The van der Waals surface area contributed by atoms with E-state index in [1.165, 1.54) is 11.1 Å². The van der Waals surface area contributed by atoms with Crippen LogP contribution in [0.5, 0.6) is 0 Å². The summed E-state index contributed by atoms with van der Waals surface area (Å²) in [5.41, 5.74) is 2.52. The Morgan fingerprint density at radius 3 is 2.63 bits per heavy atom. The molecule has 1 aromatic carbocycles. The van der Waals surface area contributed by atoms with Crippen molar-refractivity contribution < 1.29 is 4.79 Å². The molecule has 1 rings (SSSR count). The number of allylic oxidation sites excluding steroid dienone is 1. The van der Waals surface area contributed by atoms with Crippen molar-refractivity contribution in [2.45, 2.75) is 39.5 Å². The number of carbonyl (C=O) groups excluding carboxylic acids is 1. The summed E-state index contributed by atoms with van der Waals surface area (Å²) in [5.74, 6) is 0. The molecule has 0 heterocycles. The number of benzene rings is 1. The van der Waals surface area contributed by atoms with Crippen LogP contribution in [-0.2, 0) is 6.42 Å². The van der Waals surface area contributed by atoms with Crippen LogP contribution in [0.1, 0.15) is 38.7 Å². The first kappa shape index (κ1) is 15.3. The van der Waals surface area contributed by atoms with Crippen LogP contribution in [0, 0.1) is 0 Å². The molecule has 0 unspecified atom stereocenters. The fraction of sp³-hybridized carbons (Fsp3) is 0.438. The molecule has 0 saturated heterocycles. The number of amides is 2. The highest BCUT2D eigenvalue weighted by Gasteiger charge is 1.97. The van der Waals surface area contributed by atoms with Crippen LogP contribution in [-0.4, -0.2) is 12.6 Å². The minimum Gasteiger partial charge on any atom is -0.338 e. The molecule has 0 aliphatic heterocycles. The highest BCUT2D eigenvalue weighted by atomic mass is 16.2. The van der Waals surface area contributed by atoms with Crippen LogP contribution in [0.4, 0.5) is 4.79 Å². The van der Waals surface area contributed by atoms with E-state index in [2.05, 4.69) is 41.8 Å². The molecule has 0 aliphatic carbocycles. The Morgan fingerprint density at radius 1 is 1.21 bits per heavy atom. The molecule has 104 valence electrons.